The van der Waals surface area contributed by atoms with Crippen LogP contribution in [0.2, 0.25) is 0 Å². The van der Waals surface area contributed by atoms with Gasteiger partial charge in [0.05, 0.1) is 0 Å². The summed E-state index contributed by atoms with van der Waals surface area (Å²) in [5, 5.41) is 8.74. The lowest BCUT2D eigenvalue weighted by Crippen LogP contribution is -2.46. The van der Waals surface area contributed by atoms with E-state index in [1.54, 1.807) is 24.3 Å². The van der Waals surface area contributed by atoms with Crippen molar-refractivity contribution in [1.82, 2.24) is 10.2 Å². The topological polar surface area (TPSA) is 82.7 Å². The number of anilines is 2. The second kappa shape index (κ2) is 10.6. The molecule has 0 aromatic heterocycles. The summed E-state index contributed by atoms with van der Waals surface area (Å²) in [7, 11) is 4.17. The molecule has 2 aliphatic rings. The lowest BCUT2D eigenvalue weighted by Gasteiger charge is -2.34. The van der Waals surface area contributed by atoms with Crippen molar-refractivity contribution < 1.29 is 14.3 Å². The molecule has 1 aliphatic carbocycles. The molecule has 0 bridgehead atoms. The van der Waals surface area contributed by atoms with Gasteiger partial charge in [0, 0.05) is 30.6 Å². The monoisotopic (exact) mass is 402 g/mol. The number of nitrogens with one attached hydrogen (secondary N) is 3. The fourth-order valence-corrected chi connectivity index (χ4v) is 4.31. The van der Waals surface area contributed by atoms with Crippen LogP contribution in [0.3, 0.4) is 0 Å². The van der Waals surface area contributed by atoms with E-state index in [1.807, 2.05) is 0 Å². The van der Waals surface area contributed by atoms with Crippen molar-refractivity contribution in [3.8, 4) is 0 Å². The van der Waals surface area contributed by atoms with Gasteiger partial charge in [0.15, 0.2) is 0 Å². The Morgan fingerprint density at radius 1 is 1.00 bits per heavy atom. The normalized spacial score (nSPS) is 21.0. The SMILES string of the molecule is CN(C)[C@H](CNC(=O)Nc1ccc(NC(=O)[C@@H]2CCCO2)cc1)C1CCCCC1. The second-order valence-electron chi connectivity index (χ2n) is 8.33. The van der Waals surface area contributed by atoms with Crippen LogP contribution in [0, 0.1) is 5.92 Å². The van der Waals surface area contributed by atoms with Crippen LogP contribution in [0.15, 0.2) is 24.3 Å². The fourth-order valence-electron chi connectivity index (χ4n) is 4.31. The van der Waals surface area contributed by atoms with Gasteiger partial charge in [-0.3, -0.25) is 4.79 Å². The number of rotatable bonds is 7. The van der Waals surface area contributed by atoms with Crippen molar-refractivity contribution in [2.75, 3.05) is 37.9 Å². The third-order valence-corrected chi connectivity index (χ3v) is 5.96. The summed E-state index contributed by atoms with van der Waals surface area (Å²) in [6.45, 7) is 1.28. The molecule has 1 aromatic rings. The molecule has 3 amide bonds. The Balaban J connectivity index is 1.45. The molecule has 1 saturated heterocycles. The van der Waals surface area contributed by atoms with Crippen molar-refractivity contribution in [3.05, 3.63) is 24.3 Å². The van der Waals surface area contributed by atoms with Gasteiger partial charge in [-0.25, -0.2) is 4.79 Å². The average Bonchev–Trinajstić information content (AvgIpc) is 3.25. The predicted octanol–water partition coefficient (Wildman–Crippen LogP) is 3.44. The molecule has 29 heavy (non-hydrogen) atoms. The third kappa shape index (κ3) is 6.44. The number of urea groups is 1. The first-order valence-electron chi connectivity index (χ1n) is 10.8. The number of carbonyl (C=O) groups excluding carboxylic acids is 2. The van der Waals surface area contributed by atoms with Crippen LogP contribution in [0.5, 0.6) is 0 Å². The van der Waals surface area contributed by atoms with Crippen LogP contribution >= 0.6 is 0 Å². The van der Waals surface area contributed by atoms with Gasteiger partial charge in [-0.05, 0) is 70.0 Å². The minimum Gasteiger partial charge on any atom is -0.368 e. The molecular formula is C22H34N4O3. The van der Waals surface area contributed by atoms with Crippen molar-refractivity contribution in [3.63, 3.8) is 0 Å². The van der Waals surface area contributed by atoms with Gasteiger partial charge >= 0.3 is 6.03 Å². The van der Waals surface area contributed by atoms with E-state index < -0.39 is 0 Å². The number of carbonyl (C=O) groups is 2. The Morgan fingerprint density at radius 2 is 1.66 bits per heavy atom. The molecule has 1 aromatic carbocycles. The van der Waals surface area contributed by atoms with Crippen LogP contribution in [-0.4, -0.2) is 56.2 Å². The number of hydrogen-bond donors (Lipinski definition) is 3. The Hall–Kier alpha value is -2.12. The van der Waals surface area contributed by atoms with Crippen molar-refractivity contribution in [2.24, 2.45) is 5.92 Å². The average molecular weight is 403 g/mol. The minimum atomic E-state index is -0.354. The Labute approximate surface area is 173 Å². The van der Waals surface area contributed by atoms with Crippen LogP contribution in [0.1, 0.15) is 44.9 Å². The van der Waals surface area contributed by atoms with Crippen LogP contribution in [0.4, 0.5) is 16.2 Å². The summed E-state index contributed by atoms with van der Waals surface area (Å²) in [5.41, 5.74) is 1.39. The number of likely N-dealkylation sites (N-methyl/N-ethyl adjacent to an activating group) is 1. The molecule has 1 heterocycles. The molecule has 3 rings (SSSR count). The predicted molar refractivity (Wildman–Crippen MR) is 115 cm³/mol. The maximum Gasteiger partial charge on any atom is 0.319 e. The van der Waals surface area contributed by atoms with E-state index in [9.17, 15) is 9.59 Å². The van der Waals surface area contributed by atoms with E-state index in [0.717, 1.165) is 12.8 Å². The zero-order chi connectivity index (χ0) is 20.6. The third-order valence-electron chi connectivity index (χ3n) is 5.96. The zero-order valence-corrected chi connectivity index (χ0v) is 17.6. The van der Waals surface area contributed by atoms with Gasteiger partial charge in [-0.1, -0.05) is 19.3 Å². The van der Waals surface area contributed by atoms with E-state index in [-0.39, 0.29) is 18.0 Å². The Bertz CT molecular complexity index is 665. The van der Waals surface area contributed by atoms with Gasteiger partial charge in [-0.15, -0.1) is 0 Å². The summed E-state index contributed by atoms with van der Waals surface area (Å²) >= 11 is 0. The van der Waals surface area contributed by atoms with E-state index >= 15 is 0 Å². The van der Waals surface area contributed by atoms with Gasteiger partial charge in [0.1, 0.15) is 6.10 Å². The zero-order valence-electron chi connectivity index (χ0n) is 17.6. The van der Waals surface area contributed by atoms with E-state index in [0.29, 0.717) is 36.5 Å². The number of hydrogen-bond acceptors (Lipinski definition) is 4. The van der Waals surface area contributed by atoms with Crippen LogP contribution < -0.4 is 16.0 Å². The molecule has 0 spiro atoms. The molecule has 1 saturated carbocycles. The van der Waals surface area contributed by atoms with Crippen molar-refractivity contribution in [2.45, 2.75) is 57.1 Å². The molecule has 0 unspecified atom stereocenters. The summed E-state index contributed by atoms with van der Waals surface area (Å²) in [4.78, 5) is 26.6. The number of ether oxygens (including phenoxy) is 1. The summed E-state index contributed by atoms with van der Waals surface area (Å²) in [6.07, 6.45) is 7.72. The Kier molecular flexibility index (Phi) is 7.89. The molecule has 1 aliphatic heterocycles. The smallest absolute Gasteiger partial charge is 0.319 e. The quantitative estimate of drug-likeness (QED) is 0.652. The highest BCUT2D eigenvalue weighted by atomic mass is 16.5. The van der Waals surface area contributed by atoms with Crippen molar-refractivity contribution in [1.29, 1.82) is 0 Å². The van der Waals surface area contributed by atoms with E-state index in [1.165, 1.54) is 32.1 Å². The van der Waals surface area contributed by atoms with Crippen molar-refractivity contribution >= 4 is 23.3 Å². The molecule has 2 fully saturated rings. The molecule has 2 atom stereocenters. The molecule has 160 valence electrons. The van der Waals surface area contributed by atoms with E-state index in [2.05, 4.69) is 34.9 Å². The lowest BCUT2D eigenvalue weighted by atomic mass is 9.83. The molecule has 7 heteroatoms. The first-order valence-corrected chi connectivity index (χ1v) is 10.8. The van der Waals surface area contributed by atoms with E-state index in [4.69, 9.17) is 4.74 Å². The summed E-state index contributed by atoms with van der Waals surface area (Å²) in [6, 6.07) is 7.30. The Morgan fingerprint density at radius 3 is 2.24 bits per heavy atom. The molecule has 3 N–H and O–H groups in total. The summed E-state index contributed by atoms with van der Waals surface area (Å²) in [5.74, 6) is 0.532. The minimum absolute atomic E-state index is 0.113. The highest BCUT2D eigenvalue weighted by Crippen LogP contribution is 2.28. The molecular weight excluding hydrogens is 368 g/mol. The second-order valence-corrected chi connectivity index (χ2v) is 8.33. The van der Waals surface area contributed by atoms with Crippen LogP contribution in [0.25, 0.3) is 0 Å². The van der Waals surface area contributed by atoms with Crippen LogP contribution in [-0.2, 0) is 9.53 Å². The van der Waals surface area contributed by atoms with Gasteiger partial charge in [0.2, 0.25) is 0 Å². The summed E-state index contributed by atoms with van der Waals surface area (Å²) < 4.78 is 5.39. The lowest BCUT2D eigenvalue weighted by molar-refractivity contribution is -0.124. The standard InChI is InChI=1S/C22H34N4O3/c1-26(2)19(16-7-4-3-5-8-16)15-23-22(28)25-18-12-10-17(11-13-18)24-21(27)20-9-6-14-29-20/h10-13,16,19-20H,3-9,14-15H2,1-2H3,(H,24,27)(H2,23,25,28)/t19-,20+/m1/s1. The maximum atomic E-state index is 12.3. The van der Waals surface area contributed by atoms with Gasteiger partial charge in [0.25, 0.3) is 5.91 Å². The molecule has 0 radical (unpaired) electrons. The fraction of sp³-hybridized carbons (Fsp3) is 0.636. The molecule has 7 nitrogen and oxygen atoms in total. The maximum absolute atomic E-state index is 12.3. The number of benzene rings is 1. The first-order chi connectivity index (χ1) is 14.0. The van der Waals surface area contributed by atoms with Gasteiger partial charge in [-0.2, -0.15) is 0 Å². The number of nitrogens with zero attached hydrogens (tertiary/aromatic N) is 1. The number of amides is 3. The highest BCUT2D eigenvalue weighted by molar-refractivity contribution is 5.95. The largest absolute Gasteiger partial charge is 0.368 e. The van der Waals surface area contributed by atoms with Gasteiger partial charge < -0.3 is 25.6 Å². The first kappa shape index (κ1) is 21.6. The highest BCUT2D eigenvalue weighted by Gasteiger charge is 2.26.